The van der Waals surface area contributed by atoms with Crippen molar-refractivity contribution < 1.29 is 14.7 Å². The Morgan fingerprint density at radius 1 is 1.21 bits per heavy atom. The Bertz CT molecular complexity index is 1030. The van der Waals surface area contributed by atoms with Gasteiger partial charge in [-0.3, -0.25) is 4.79 Å². The van der Waals surface area contributed by atoms with Crippen LogP contribution in [0.4, 0.5) is 0 Å². The summed E-state index contributed by atoms with van der Waals surface area (Å²) in [5.74, 6) is 0.247. The number of amides is 1. The van der Waals surface area contributed by atoms with Crippen LogP contribution in [-0.2, 0) is 7.05 Å². The molecule has 0 saturated carbocycles. The molecule has 8 heteroatoms. The van der Waals surface area contributed by atoms with Crippen molar-refractivity contribution in [1.82, 2.24) is 24.2 Å². The number of carboxylic acid groups (broad SMARTS) is 1. The fourth-order valence-corrected chi connectivity index (χ4v) is 3.73. The number of nitrogens with zero attached hydrogens (tertiary/aromatic N) is 5. The summed E-state index contributed by atoms with van der Waals surface area (Å²) in [4.78, 5) is 30.3. The summed E-state index contributed by atoms with van der Waals surface area (Å²) in [6.45, 7) is 3.07. The van der Waals surface area contributed by atoms with Crippen LogP contribution < -0.4 is 0 Å². The maximum atomic E-state index is 12.9. The van der Waals surface area contributed by atoms with Gasteiger partial charge in [0.25, 0.3) is 5.91 Å². The van der Waals surface area contributed by atoms with Crippen molar-refractivity contribution in [2.45, 2.75) is 19.3 Å². The summed E-state index contributed by atoms with van der Waals surface area (Å²) in [5, 5.41) is 13.3. The molecule has 0 spiro atoms. The van der Waals surface area contributed by atoms with Gasteiger partial charge in [0, 0.05) is 44.0 Å². The highest BCUT2D eigenvalue weighted by Gasteiger charge is 2.30. The predicted molar refractivity (Wildman–Crippen MR) is 102 cm³/mol. The molecular formula is C20H21N5O3. The zero-order chi connectivity index (χ0) is 19.8. The zero-order valence-electron chi connectivity index (χ0n) is 15.7. The number of imidazole rings is 1. The van der Waals surface area contributed by atoms with E-state index in [0.717, 1.165) is 12.2 Å². The highest BCUT2D eigenvalue weighted by Crippen LogP contribution is 2.27. The van der Waals surface area contributed by atoms with Crippen molar-refractivity contribution in [2.24, 2.45) is 7.05 Å². The summed E-state index contributed by atoms with van der Waals surface area (Å²) in [7, 11) is 1.97. The SMILES string of the molecule is Cc1c(C(=O)O)cnn1-c1ccc(C(=O)N2CCC(c3nccn3C)C2)cc1. The Balaban J connectivity index is 1.49. The van der Waals surface area contributed by atoms with Gasteiger partial charge in [-0.2, -0.15) is 5.10 Å². The number of aromatic carboxylic acids is 1. The Labute approximate surface area is 162 Å². The molecule has 1 fully saturated rings. The van der Waals surface area contributed by atoms with Gasteiger partial charge in [-0.25, -0.2) is 14.5 Å². The largest absolute Gasteiger partial charge is 0.478 e. The van der Waals surface area contributed by atoms with Crippen molar-refractivity contribution in [3.8, 4) is 5.69 Å². The third kappa shape index (κ3) is 3.06. The average molecular weight is 379 g/mol. The smallest absolute Gasteiger partial charge is 0.339 e. The number of aryl methyl sites for hydroxylation is 1. The van der Waals surface area contributed by atoms with Crippen molar-refractivity contribution in [3.05, 3.63) is 65.5 Å². The molecule has 3 aromatic rings. The molecule has 1 aromatic carbocycles. The molecule has 1 unspecified atom stereocenters. The maximum Gasteiger partial charge on any atom is 0.339 e. The van der Waals surface area contributed by atoms with Gasteiger partial charge in [0.1, 0.15) is 11.4 Å². The van der Waals surface area contributed by atoms with Crippen molar-refractivity contribution in [2.75, 3.05) is 13.1 Å². The number of benzene rings is 1. The Morgan fingerprint density at radius 2 is 1.96 bits per heavy atom. The van der Waals surface area contributed by atoms with Crippen molar-refractivity contribution in [1.29, 1.82) is 0 Å². The van der Waals surface area contributed by atoms with Crippen LogP contribution in [0.5, 0.6) is 0 Å². The lowest BCUT2D eigenvalue weighted by Crippen LogP contribution is -2.28. The molecule has 1 aliphatic rings. The van der Waals surface area contributed by atoms with Crippen molar-refractivity contribution in [3.63, 3.8) is 0 Å². The lowest BCUT2D eigenvalue weighted by Gasteiger charge is -2.17. The molecule has 28 heavy (non-hydrogen) atoms. The van der Waals surface area contributed by atoms with E-state index >= 15 is 0 Å². The van der Waals surface area contributed by atoms with Crippen molar-refractivity contribution >= 4 is 11.9 Å². The quantitative estimate of drug-likeness (QED) is 0.750. The minimum Gasteiger partial charge on any atom is -0.478 e. The van der Waals surface area contributed by atoms with Crippen LogP contribution in [-0.4, -0.2) is 54.3 Å². The van der Waals surface area contributed by atoms with E-state index in [2.05, 4.69) is 10.1 Å². The fourth-order valence-electron chi connectivity index (χ4n) is 3.73. The number of hydrogen-bond acceptors (Lipinski definition) is 4. The number of likely N-dealkylation sites (tertiary alicyclic amines) is 1. The molecular weight excluding hydrogens is 358 g/mol. The highest BCUT2D eigenvalue weighted by molar-refractivity contribution is 5.94. The number of carboxylic acids is 1. The second kappa shape index (κ2) is 6.95. The Kier molecular flexibility index (Phi) is 4.46. The topological polar surface area (TPSA) is 93.2 Å². The first-order chi connectivity index (χ1) is 13.5. The number of hydrogen-bond donors (Lipinski definition) is 1. The second-order valence-electron chi connectivity index (χ2n) is 7.04. The first kappa shape index (κ1) is 18.0. The average Bonchev–Trinajstić information content (AvgIpc) is 3.40. The van der Waals surface area contributed by atoms with Gasteiger partial charge >= 0.3 is 5.97 Å². The zero-order valence-corrected chi connectivity index (χ0v) is 15.7. The minimum atomic E-state index is -1.01. The van der Waals surface area contributed by atoms with Gasteiger partial charge in [0.05, 0.1) is 17.6 Å². The monoisotopic (exact) mass is 379 g/mol. The number of carbonyl (C=O) groups excluding carboxylic acids is 1. The number of aromatic nitrogens is 4. The molecule has 4 rings (SSSR count). The molecule has 0 radical (unpaired) electrons. The van der Waals surface area contributed by atoms with Gasteiger partial charge in [-0.05, 0) is 37.6 Å². The molecule has 1 amide bonds. The summed E-state index contributed by atoms with van der Waals surface area (Å²) in [6.07, 6.45) is 5.94. The van der Waals surface area contributed by atoms with E-state index < -0.39 is 5.97 Å². The summed E-state index contributed by atoms with van der Waals surface area (Å²) in [6, 6.07) is 7.08. The molecule has 1 atom stereocenters. The number of carbonyl (C=O) groups is 2. The van der Waals surface area contributed by atoms with Crippen LogP contribution in [0.2, 0.25) is 0 Å². The molecule has 1 saturated heterocycles. The lowest BCUT2D eigenvalue weighted by molar-refractivity contribution is 0.0695. The first-order valence-electron chi connectivity index (χ1n) is 9.10. The third-order valence-electron chi connectivity index (χ3n) is 5.30. The summed E-state index contributed by atoms with van der Waals surface area (Å²) >= 11 is 0. The van der Waals surface area contributed by atoms with Crippen LogP contribution in [0.1, 0.15) is 44.6 Å². The molecule has 1 N–H and O–H groups in total. The van der Waals surface area contributed by atoms with Gasteiger partial charge in [-0.15, -0.1) is 0 Å². The molecule has 8 nitrogen and oxygen atoms in total. The van der Waals surface area contributed by atoms with E-state index in [9.17, 15) is 9.59 Å². The standard InChI is InChI=1S/C20H21N5O3/c1-13-17(20(27)28)11-22-25(13)16-5-3-14(4-6-16)19(26)24-9-7-15(12-24)18-21-8-10-23(18)2/h3-6,8,10-11,15H,7,9,12H2,1-2H3,(H,27,28). The summed E-state index contributed by atoms with van der Waals surface area (Å²) in [5.41, 5.74) is 2.03. The van der Waals surface area contributed by atoms with E-state index in [4.69, 9.17) is 5.11 Å². The Hall–Kier alpha value is -3.42. The van der Waals surface area contributed by atoms with Gasteiger partial charge in [0.2, 0.25) is 0 Å². The van der Waals surface area contributed by atoms with Gasteiger partial charge < -0.3 is 14.6 Å². The summed E-state index contributed by atoms with van der Waals surface area (Å²) < 4.78 is 3.57. The maximum absolute atomic E-state index is 12.9. The van der Waals surface area contributed by atoms with E-state index in [-0.39, 0.29) is 17.4 Å². The molecule has 2 aromatic heterocycles. The van der Waals surface area contributed by atoms with E-state index in [0.29, 0.717) is 30.0 Å². The third-order valence-corrected chi connectivity index (χ3v) is 5.30. The normalized spacial score (nSPS) is 16.5. The second-order valence-corrected chi connectivity index (χ2v) is 7.04. The van der Waals surface area contributed by atoms with Gasteiger partial charge in [-0.1, -0.05) is 0 Å². The van der Waals surface area contributed by atoms with E-state index in [1.807, 2.05) is 22.7 Å². The molecule has 144 valence electrons. The predicted octanol–water partition coefficient (Wildman–Crippen LogP) is 2.24. The lowest BCUT2D eigenvalue weighted by atomic mass is 10.1. The van der Waals surface area contributed by atoms with Crippen LogP contribution in [0.25, 0.3) is 5.69 Å². The molecule has 0 bridgehead atoms. The molecule has 3 heterocycles. The Morgan fingerprint density at radius 3 is 2.57 bits per heavy atom. The fraction of sp³-hybridized carbons (Fsp3) is 0.300. The van der Waals surface area contributed by atoms with E-state index in [1.165, 1.54) is 6.20 Å². The van der Waals surface area contributed by atoms with Gasteiger partial charge in [0.15, 0.2) is 0 Å². The number of rotatable bonds is 4. The first-order valence-corrected chi connectivity index (χ1v) is 9.10. The van der Waals surface area contributed by atoms with Crippen LogP contribution in [0.3, 0.4) is 0 Å². The molecule has 1 aliphatic heterocycles. The van der Waals surface area contributed by atoms with E-state index in [1.54, 1.807) is 42.1 Å². The highest BCUT2D eigenvalue weighted by atomic mass is 16.4. The van der Waals surface area contributed by atoms with Crippen LogP contribution in [0.15, 0.2) is 42.9 Å². The van der Waals surface area contributed by atoms with Crippen LogP contribution >= 0.6 is 0 Å². The molecule has 0 aliphatic carbocycles. The minimum absolute atomic E-state index is 0.00771. The van der Waals surface area contributed by atoms with Crippen LogP contribution in [0, 0.1) is 6.92 Å².